The second-order valence-corrected chi connectivity index (χ2v) is 5.72. The maximum atomic E-state index is 12.3. The van der Waals surface area contributed by atoms with E-state index in [1.807, 2.05) is 0 Å². The van der Waals surface area contributed by atoms with Crippen molar-refractivity contribution in [3.05, 3.63) is 47.9 Å². The summed E-state index contributed by atoms with van der Waals surface area (Å²) in [5, 5.41) is 2.62. The first-order valence-electron chi connectivity index (χ1n) is 8.37. The number of rotatable bonds is 9. The van der Waals surface area contributed by atoms with E-state index in [0.717, 1.165) is 4.90 Å². The van der Waals surface area contributed by atoms with E-state index in [2.05, 4.69) is 5.32 Å². The molecule has 1 N–H and O–H groups in total. The fourth-order valence-corrected chi connectivity index (χ4v) is 2.32. The maximum absolute atomic E-state index is 12.3. The second kappa shape index (κ2) is 10.0. The Bertz CT molecular complexity index is 818. The number of hydrogen-bond acceptors (Lipinski definition) is 7. The topological polar surface area (TPSA) is 107 Å². The Hall–Kier alpha value is -3.49. The summed E-state index contributed by atoms with van der Waals surface area (Å²) in [6.45, 7) is -0.473. The first kappa shape index (κ1) is 20.8. The molecule has 2 amide bonds. The van der Waals surface area contributed by atoms with Gasteiger partial charge in [0.25, 0.3) is 5.91 Å². The number of carbonyl (C=O) groups excluding carboxylic acids is 3. The van der Waals surface area contributed by atoms with Crippen LogP contribution >= 0.6 is 0 Å². The van der Waals surface area contributed by atoms with Crippen LogP contribution in [0.2, 0.25) is 0 Å². The van der Waals surface area contributed by atoms with Crippen LogP contribution in [0.1, 0.15) is 16.1 Å². The van der Waals surface area contributed by atoms with Crippen LogP contribution in [0.25, 0.3) is 0 Å². The Kier molecular flexibility index (Phi) is 7.44. The lowest BCUT2D eigenvalue weighted by Crippen LogP contribution is -2.39. The fourth-order valence-electron chi connectivity index (χ4n) is 2.32. The minimum atomic E-state index is -0.736. The van der Waals surface area contributed by atoms with Crippen LogP contribution < -0.4 is 14.8 Å². The van der Waals surface area contributed by atoms with Crippen molar-refractivity contribution in [2.24, 2.45) is 0 Å². The van der Waals surface area contributed by atoms with Gasteiger partial charge in [0.1, 0.15) is 11.3 Å². The van der Waals surface area contributed by atoms with Gasteiger partial charge in [-0.05, 0) is 24.3 Å². The molecular formula is C19H22N2O7. The largest absolute Gasteiger partial charge is 0.493 e. The summed E-state index contributed by atoms with van der Waals surface area (Å²) in [4.78, 5) is 37.4. The number of likely N-dealkylation sites (N-methyl/N-ethyl adjacent to an activating group) is 1. The smallest absolute Gasteiger partial charge is 0.342 e. The molecule has 9 nitrogen and oxygen atoms in total. The highest BCUT2D eigenvalue weighted by molar-refractivity contribution is 5.95. The summed E-state index contributed by atoms with van der Waals surface area (Å²) in [6.07, 6.45) is 1.50. The maximum Gasteiger partial charge on any atom is 0.342 e. The lowest BCUT2D eigenvalue weighted by Gasteiger charge is -2.17. The van der Waals surface area contributed by atoms with Gasteiger partial charge in [0, 0.05) is 7.05 Å². The van der Waals surface area contributed by atoms with Gasteiger partial charge in [-0.1, -0.05) is 6.07 Å². The van der Waals surface area contributed by atoms with Gasteiger partial charge in [-0.15, -0.1) is 0 Å². The van der Waals surface area contributed by atoms with Crippen LogP contribution in [0.15, 0.2) is 41.0 Å². The molecule has 0 aliphatic carbocycles. The molecule has 0 spiro atoms. The van der Waals surface area contributed by atoms with E-state index >= 15 is 0 Å². The van der Waals surface area contributed by atoms with Crippen LogP contribution in [0.3, 0.4) is 0 Å². The van der Waals surface area contributed by atoms with E-state index in [1.165, 1.54) is 33.6 Å². The quantitative estimate of drug-likeness (QED) is 0.642. The molecule has 1 heterocycles. The molecular weight excluding hydrogens is 368 g/mol. The highest BCUT2D eigenvalue weighted by atomic mass is 16.5. The molecule has 9 heteroatoms. The van der Waals surface area contributed by atoms with Gasteiger partial charge in [0.2, 0.25) is 5.91 Å². The Morgan fingerprint density at radius 3 is 2.54 bits per heavy atom. The second-order valence-electron chi connectivity index (χ2n) is 5.72. The van der Waals surface area contributed by atoms with Crippen molar-refractivity contribution >= 4 is 17.8 Å². The normalized spacial score (nSPS) is 10.1. The number of nitrogens with zero attached hydrogens (tertiary/aromatic N) is 1. The van der Waals surface area contributed by atoms with Crippen LogP contribution in [-0.4, -0.2) is 57.1 Å². The number of methoxy groups -OCH3 is 2. The number of carbonyl (C=O) groups is 3. The molecule has 2 rings (SSSR count). The number of ether oxygens (including phenoxy) is 3. The summed E-state index contributed by atoms with van der Waals surface area (Å²) in [5.74, 6) is -0.443. The number of amides is 2. The molecule has 0 fully saturated rings. The van der Waals surface area contributed by atoms with Gasteiger partial charge in [-0.3, -0.25) is 9.59 Å². The van der Waals surface area contributed by atoms with Crippen LogP contribution in [0.5, 0.6) is 11.5 Å². The molecule has 1 aromatic carbocycles. The average Bonchev–Trinajstić information content (AvgIpc) is 3.23. The lowest BCUT2D eigenvalue weighted by atomic mass is 10.2. The third kappa shape index (κ3) is 5.50. The summed E-state index contributed by atoms with van der Waals surface area (Å²) in [5.41, 5.74) is 0.133. The van der Waals surface area contributed by atoms with Gasteiger partial charge in [0.15, 0.2) is 18.1 Å². The monoisotopic (exact) mass is 390 g/mol. The summed E-state index contributed by atoms with van der Waals surface area (Å²) < 4.78 is 20.4. The van der Waals surface area contributed by atoms with E-state index in [1.54, 1.807) is 24.3 Å². The molecule has 28 heavy (non-hydrogen) atoms. The average molecular weight is 390 g/mol. The molecule has 1 aromatic heterocycles. The van der Waals surface area contributed by atoms with E-state index in [4.69, 9.17) is 18.6 Å². The molecule has 0 saturated carbocycles. The predicted molar refractivity (Wildman–Crippen MR) is 98.0 cm³/mol. The van der Waals surface area contributed by atoms with Gasteiger partial charge in [-0.25, -0.2) is 4.79 Å². The number of esters is 1. The fraction of sp³-hybridized carbons (Fsp3) is 0.316. The Balaban J connectivity index is 1.84. The lowest BCUT2D eigenvalue weighted by molar-refractivity contribution is -0.137. The molecule has 0 radical (unpaired) electrons. The van der Waals surface area contributed by atoms with Crippen molar-refractivity contribution in [3.63, 3.8) is 0 Å². The van der Waals surface area contributed by atoms with Gasteiger partial charge >= 0.3 is 5.97 Å². The van der Waals surface area contributed by atoms with Crippen molar-refractivity contribution in [1.82, 2.24) is 10.2 Å². The zero-order chi connectivity index (χ0) is 20.5. The number of hydrogen-bond donors (Lipinski definition) is 1. The van der Waals surface area contributed by atoms with Crippen molar-refractivity contribution in [2.75, 3.05) is 34.4 Å². The molecule has 0 saturated heterocycles. The molecule has 0 atom stereocenters. The number of furan rings is 1. The van der Waals surface area contributed by atoms with Crippen LogP contribution in [0, 0.1) is 0 Å². The minimum Gasteiger partial charge on any atom is -0.493 e. The van der Waals surface area contributed by atoms with Crippen LogP contribution in [0.4, 0.5) is 0 Å². The van der Waals surface area contributed by atoms with Crippen molar-refractivity contribution in [1.29, 1.82) is 0 Å². The zero-order valence-electron chi connectivity index (χ0n) is 15.9. The molecule has 0 aliphatic rings. The number of benzene rings is 1. The Morgan fingerprint density at radius 1 is 1.11 bits per heavy atom. The Morgan fingerprint density at radius 2 is 1.89 bits per heavy atom. The van der Waals surface area contributed by atoms with Crippen LogP contribution in [-0.2, 0) is 20.9 Å². The van der Waals surface area contributed by atoms with E-state index in [-0.39, 0.29) is 30.3 Å². The highest BCUT2D eigenvalue weighted by Crippen LogP contribution is 2.31. The van der Waals surface area contributed by atoms with Gasteiger partial charge in [0.05, 0.1) is 33.6 Å². The summed E-state index contributed by atoms with van der Waals surface area (Å²) in [6, 6.07) is 8.18. The first-order chi connectivity index (χ1) is 13.5. The predicted octanol–water partition coefficient (Wildman–Crippen LogP) is 1.23. The minimum absolute atomic E-state index is 0.133. The SMILES string of the molecule is COc1cccc(C(=O)OCC(=O)N(C)CC(=O)NCc2ccco2)c1OC. The molecule has 0 unspecified atom stereocenters. The van der Waals surface area contributed by atoms with Crippen molar-refractivity contribution < 1.29 is 33.0 Å². The molecule has 0 bridgehead atoms. The summed E-state index contributed by atoms with van der Waals surface area (Å²) in [7, 11) is 4.28. The molecule has 150 valence electrons. The zero-order valence-corrected chi connectivity index (χ0v) is 15.9. The first-order valence-corrected chi connectivity index (χ1v) is 8.37. The third-order valence-corrected chi connectivity index (χ3v) is 3.80. The summed E-state index contributed by atoms with van der Waals surface area (Å²) >= 11 is 0. The van der Waals surface area contributed by atoms with Crippen molar-refractivity contribution in [2.45, 2.75) is 6.54 Å². The number of nitrogens with one attached hydrogen (secondary N) is 1. The highest BCUT2D eigenvalue weighted by Gasteiger charge is 2.20. The van der Waals surface area contributed by atoms with E-state index < -0.39 is 18.5 Å². The van der Waals surface area contributed by atoms with Crippen molar-refractivity contribution in [3.8, 4) is 11.5 Å². The van der Waals surface area contributed by atoms with E-state index in [0.29, 0.717) is 11.5 Å². The molecule has 0 aliphatic heterocycles. The third-order valence-electron chi connectivity index (χ3n) is 3.80. The Labute approximate surface area is 162 Å². The molecule has 2 aromatic rings. The van der Waals surface area contributed by atoms with Gasteiger partial charge < -0.3 is 28.8 Å². The number of para-hydroxylation sites is 1. The standard InChI is InChI=1S/C19H22N2O7/c1-21(11-16(22)20-10-13-6-5-9-27-13)17(23)12-28-19(24)14-7-4-8-15(25-2)18(14)26-3/h4-9H,10-12H2,1-3H3,(H,20,22). The van der Waals surface area contributed by atoms with E-state index in [9.17, 15) is 14.4 Å². The van der Waals surface area contributed by atoms with Gasteiger partial charge in [-0.2, -0.15) is 0 Å².